The van der Waals surface area contributed by atoms with Crippen LogP contribution in [0.5, 0.6) is 0 Å². The number of rotatable bonds is 9. The van der Waals surface area contributed by atoms with Crippen LogP contribution in [0, 0.1) is 18.3 Å². The van der Waals surface area contributed by atoms with E-state index in [2.05, 4.69) is 44.0 Å². The molecule has 0 spiro atoms. The zero-order valence-electron chi connectivity index (χ0n) is 15.4. The third-order valence-corrected chi connectivity index (χ3v) is 3.48. The smallest absolute Gasteiger partial charge is 0.0214 e. The fraction of sp³-hybridized carbons (Fsp3) is 0.889. The van der Waals surface area contributed by atoms with E-state index >= 15 is 0 Å². The van der Waals surface area contributed by atoms with Crippen molar-refractivity contribution in [1.82, 2.24) is 10.2 Å². The molecule has 0 aliphatic heterocycles. The first kappa shape index (κ1) is 24.5. The number of hydrogen-bond donors (Lipinski definition) is 1. The van der Waals surface area contributed by atoms with Gasteiger partial charge in [-0.15, -0.1) is 12.3 Å². The van der Waals surface area contributed by atoms with E-state index in [1.54, 1.807) is 0 Å². The van der Waals surface area contributed by atoms with Gasteiger partial charge in [0.25, 0.3) is 0 Å². The van der Waals surface area contributed by atoms with Gasteiger partial charge in [-0.3, -0.25) is 0 Å². The highest BCUT2D eigenvalue weighted by atomic mass is 15.1. The number of hydrogen-bond acceptors (Lipinski definition) is 2. The monoisotopic (exact) mass is 286 g/mol. The lowest BCUT2D eigenvalue weighted by Crippen LogP contribution is -2.36. The first-order valence-corrected chi connectivity index (χ1v) is 8.52. The molecule has 0 aromatic heterocycles. The second-order valence-corrected chi connectivity index (χ2v) is 4.46. The Morgan fingerprint density at radius 2 is 1.70 bits per heavy atom. The molecule has 124 valence electrons. The Morgan fingerprint density at radius 1 is 1.15 bits per heavy atom. The molecule has 0 bridgehead atoms. The molecule has 0 aliphatic carbocycles. The van der Waals surface area contributed by atoms with Crippen molar-refractivity contribution in [2.24, 2.45) is 5.92 Å². The van der Waals surface area contributed by atoms with Crippen molar-refractivity contribution in [3.05, 3.63) is 0 Å². The van der Waals surface area contributed by atoms with E-state index in [0.29, 0.717) is 6.04 Å². The largest absolute Gasteiger partial charge is 0.317 e. The predicted molar refractivity (Wildman–Crippen MR) is 97.3 cm³/mol. The van der Waals surface area contributed by atoms with Gasteiger partial charge in [0.15, 0.2) is 0 Å². The van der Waals surface area contributed by atoms with Crippen LogP contribution in [-0.2, 0) is 0 Å². The van der Waals surface area contributed by atoms with E-state index in [-0.39, 0.29) is 1.43 Å². The fourth-order valence-corrected chi connectivity index (χ4v) is 1.97. The predicted octanol–water partition coefficient (Wildman–Crippen LogP) is 4.65. The van der Waals surface area contributed by atoms with Gasteiger partial charge in [0.05, 0.1) is 0 Å². The van der Waals surface area contributed by atoms with Crippen molar-refractivity contribution in [2.45, 2.75) is 73.8 Å². The lowest BCUT2D eigenvalue weighted by Gasteiger charge is -2.26. The van der Waals surface area contributed by atoms with E-state index < -0.39 is 0 Å². The zero-order valence-corrected chi connectivity index (χ0v) is 15.4. The second kappa shape index (κ2) is 20.8. The minimum absolute atomic E-state index is 0. The molecule has 20 heavy (non-hydrogen) atoms. The quantitative estimate of drug-likeness (QED) is 0.620. The second-order valence-electron chi connectivity index (χ2n) is 4.46. The van der Waals surface area contributed by atoms with Crippen molar-refractivity contribution in [2.75, 3.05) is 26.7 Å². The van der Waals surface area contributed by atoms with Crippen LogP contribution < -0.4 is 5.32 Å². The molecule has 0 aromatic rings. The Labute approximate surface area is 131 Å². The fourth-order valence-electron chi connectivity index (χ4n) is 1.97. The van der Waals surface area contributed by atoms with Crippen LogP contribution in [0.15, 0.2) is 0 Å². The van der Waals surface area contributed by atoms with Crippen LogP contribution in [0.3, 0.4) is 0 Å². The van der Waals surface area contributed by atoms with Crippen molar-refractivity contribution >= 4 is 0 Å². The van der Waals surface area contributed by atoms with Crippen molar-refractivity contribution < 1.29 is 1.43 Å². The Bertz CT molecular complexity index is 202. The molecule has 2 unspecified atom stereocenters. The molecule has 0 heterocycles. The van der Waals surface area contributed by atoms with Gasteiger partial charge in [0, 0.05) is 20.4 Å². The lowest BCUT2D eigenvalue weighted by atomic mass is 9.96. The molecular formula is C18H42N2. The first-order chi connectivity index (χ1) is 9.69. The Kier molecular flexibility index (Phi) is 25.5. The highest BCUT2D eigenvalue weighted by Gasteiger charge is 2.14. The first-order valence-electron chi connectivity index (χ1n) is 8.52. The molecule has 2 heteroatoms. The zero-order chi connectivity index (χ0) is 16.4. The molecule has 0 amide bonds. The van der Waals surface area contributed by atoms with Gasteiger partial charge < -0.3 is 10.2 Å². The van der Waals surface area contributed by atoms with Gasteiger partial charge in [0.2, 0.25) is 0 Å². The standard InChI is InChI=1S/C14H28N2.2C2H6.H2/c1-6-9-11-16(8-3)12-10-14(15-5)13(4)7-2;2*1-2;/h1,13-15H,7-12H2,2-5H3;2*1-2H3;1H. The highest BCUT2D eigenvalue weighted by Crippen LogP contribution is 2.11. The number of nitrogens with one attached hydrogen (secondary N) is 1. The van der Waals surface area contributed by atoms with Gasteiger partial charge in [-0.05, 0) is 32.5 Å². The van der Waals surface area contributed by atoms with E-state index in [9.17, 15) is 0 Å². The average Bonchev–Trinajstić information content (AvgIpc) is 2.54. The summed E-state index contributed by atoms with van der Waals surface area (Å²) >= 11 is 0. The highest BCUT2D eigenvalue weighted by molar-refractivity contribution is 4.85. The van der Waals surface area contributed by atoms with Crippen molar-refractivity contribution in [3.8, 4) is 12.3 Å². The minimum atomic E-state index is 0. The maximum atomic E-state index is 5.29. The summed E-state index contributed by atoms with van der Waals surface area (Å²) in [6.07, 6.45) is 8.61. The molecule has 0 fully saturated rings. The Hall–Kier alpha value is -0.520. The molecule has 0 saturated carbocycles. The van der Waals surface area contributed by atoms with Gasteiger partial charge in [0.1, 0.15) is 0 Å². The third kappa shape index (κ3) is 13.9. The summed E-state index contributed by atoms with van der Waals surface area (Å²) < 4.78 is 0. The topological polar surface area (TPSA) is 15.3 Å². The Balaban J connectivity index is -0.000000264. The summed E-state index contributed by atoms with van der Waals surface area (Å²) in [6.45, 7) is 18.1. The molecule has 0 aliphatic rings. The number of nitrogens with zero attached hydrogens (tertiary/aromatic N) is 1. The van der Waals surface area contributed by atoms with E-state index in [0.717, 1.165) is 32.0 Å². The van der Waals surface area contributed by atoms with Crippen molar-refractivity contribution in [3.63, 3.8) is 0 Å². The van der Waals surface area contributed by atoms with Crippen LogP contribution in [0.25, 0.3) is 0 Å². The summed E-state index contributed by atoms with van der Waals surface area (Å²) in [7, 11) is 2.06. The van der Waals surface area contributed by atoms with Crippen LogP contribution in [0.1, 0.15) is 69.2 Å². The summed E-state index contributed by atoms with van der Waals surface area (Å²) in [5.74, 6) is 3.46. The van der Waals surface area contributed by atoms with Gasteiger partial charge in [-0.2, -0.15) is 0 Å². The summed E-state index contributed by atoms with van der Waals surface area (Å²) in [5, 5.41) is 3.42. The van der Waals surface area contributed by atoms with Crippen LogP contribution in [-0.4, -0.2) is 37.6 Å². The van der Waals surface area contributed by atoms with E-state index in [1.807, 2.05) is 27.7 Å². The van der Waals surface area contributed by atoms with Gasteiger partial charge >= 0.3 is 0 Å². The summed E-state index contributed by atoms with van der Waals surface area (Å²) in [5.41, 5.74) is 0. The minimum Gasteiger partial charge on any atom is -0.317 e. The van der Waals surface area contributed by atoms with Gasteiger partial charge in [-0.1, -0.05) is 54.9 Å². The Morgan fingerprint density at radius 3 is 2.05 bits per heavy atom. The van der Waals surface area contributed by atoms with Crippen LogP contribution in [0.2, 0.25) is 0 Å². The molecule has 0 rings (SSSR count). The molecule has 0 saturated heterocycles. The molecule has 2 nitrogen and oxygen atoms in total. The molecule has 2 atom stereocenters. The summed E-state index contributed by atoms with van der Waals surface area (Å²) in [4.78, 5) is 2.44. The van der Waals surface area contributed by atoms with Crippen LogP contribution >= 0.6 is 0 Å². The summed E-state index contributed by atoms with van der Waals surface area (Å²) in [6, 6.07) is 0.630. The van der Waals surface area contributed by atoms with Crippen molar-refractivity contribution in [1.29, 1.82) is 0 Å². The third-order valence-electron chi connectivity index (χ3n) is 3.48. The van der Waals surface area contributed by atoms with Gasteiger partial charge in [-0.25, -0.2) is 0 Å². The van der Waals surface area contributed by atoms with Crippen LogP contribution in [0.4, 0.5) is 0 Å². The number of terminal acetylenes is 1. The maximum absolute atomic E-state index is 5.29. The molecular weight excluding hydrogens is 244 g/mol. The molecule has 0 aromatic carbocycles. The van der Waals surface area contributed by atoms with E-state index in [4.69, 9.17) is 6.42 Å². The average molecular weight is 287 g/mol. The molecule has 1 N–H and O–H groups in total. The maximum Gasteiger partial charge on any atom is 0.0214 e. The van der Waals surface area contributed by atoms with E-state index in [1.165, 1.54) is 12.8 Å². The SMILES string of the molecule is C#CCCN(CC)CCC(NC)C(C)CC.CC.CC.[HH]. The lowest BCUT2D eigenvalue weighted by molar-refractivity contribution is 0.255. The molecule has 0 radical (unpaired) electrons. The normalized spacial score (nSPS) is 12.4.